The molecule has 136 valence electrons. The SMILES string of the molecule is CCNC(=NCCc1ccc(OC)cc1)NCCc1ccccc1.I. The fourth-order valence-corrected chi connectivity index (χ4v) is 2.40. The Labute approximate surface area is 168 Å². The van der Waals surface area contributed by atoms with Crippen molar-refractivity contribution in [2.24, 2.45) is 4.99 Å². The second-order valence-electron chi connectivity index (χ2n) is 5.52. The molecule has 2 aromatic carbocycles. The number of nitrogens with one attached hydrogen (secondary N) is 2. The van der Waals surface area contributed by atoms with Crippen LogP contribution in [-0.2, 0) is 12.8 Å². The zero-order valence-electron chi connectivity index (χ0n) is 15.0. The molecule has 0 aliphatic carbocycles. The summed E-state index contributed by atoms with van der Waals surface area (Å²) in [7, 11) is 1.68. The Balaban J connectivity index is 0.00000312. The van der Waals surface area contributed by atoms with Gasteiger partial charge in [-0.1, -0.05) is 42.5 Å². The molecule has 0 amide bonds. The number of ether oxygens (including phenoxy) is 1. The van der Waals surface area contributed by atoms with Crippen LogP contribution >= 0.6 is 24.0 Å². The molecule has 0 saturated heterocycles. The summed E-state index contributed by atoms with van der Waals surface area (Å²) >= 11 is 0. The van der Waals surface area contributed by atoms with Crippen LogP contribution in [0, 0.1) is 0 Å². The smallest absolute Gasteiger partial charge is 0.191 e. The van der Waals surface area contributed by atoms with E-state index in [1.165, 1.54) is 11.1 Å². The fourth-order valence-electron chi connectivity index (χ4n) is 2.40. The lowest BCUT2D eigenvalue weighted by molar-refractivity contribution is 0.414. The van der Waals surface area contributed by atoms with Gasteiger partial charge in [0.1, 0.15) is 5.75 Å². The minimum Gasteiger partial charge on any atom is -0.497 e. The van der Waals surface area contributed by atoms with E-state index in [1.807, 2.05) is 18.2 Å². The summed E-state index contributed by atoms with van der Waals surface area (Å²) in [6, 6.07) is 18.6. The van der Waals surface area contributed by atoms with E-state index in [0.29, 0.717) is 0 Å². The van der Waals surface area contributed by atoms with E-state index >= 15 is 0 Å². The Hall–Kier alpha value is -1.76. The van der Waals surface area contributed by atoms with Crippen LogP contribution < -0.4 is 15.4 Å². The number of halogens is 1. The monoisotopic (exact) mass is 453 g/mol. The number of aliphatic imine (C=N–C) groups is 1. The minimum atomic E-state index is 0. The maximum absolute atomic E-state index is 5.18. The molecule has 2 aromatic rings. The van der Waals surface area contributed by atoms with Crippen molar-refractivity contribution in [2.45, 2.75) is 19.8 Å². The Morgan fingerprint density at radius 2 is 1.60 bits per heavy atom. The number of hydrogen-bond donors (Lipinski definition) is 2. The highest BCUT2D eigenvalue weighted by atomic mass is 127. The van der Waals surface area contributed by atoms with Crippen molar-refractivity contribution < 1.29 is 4.74 Å². The summed E-state index contributed by atoms with van der Waals surface area (Å²) < 4.78 is 5.18. The van der Waals surface area contributed by atoms with Crippen LogP contribution in [0.25, 0.3) is 0 Å². The largest absolute Gasteiger partial charge is 0.497 e. The highest BCUT2D eigenvalue weighted by molar-refractivity contribution is 14.0. The predicted molar refractivity (Wildman–Crippen MR) is 116 cm³/mol. The van der Waals surface area contributed by atoms with E-state index in [-0.39, 0.29) is 24.0 Å². The van der Waals surface area contributed by atoms with Crippen molar-refractivity contribution in [1.82, 2.24) is 10.6 Å². The topological polar surface area (TPSA) is 45.7 Å². The summed E-state index contributed by atoms with van der Waals surface area (Å²) in [4.78, 5) is 4.65. The summed E-state index contributed by atoms with van der Waals surface area (Å²) in [6.07, 6.45) is 1.91. The molecule has 0 saturated carbocycles. The maximum Gasteiger partial charge on any atom is 0.191 e. The molecule has 4 nitrogen and oxygen atoms in total. The van der Waals surface area contributed by atoms with Crippen molar-refractivity contribution in [2.75, 3.05) is 26.7 Å². The van der Waals surface area contributed by atoms with Gasteiger partial charge in [0.05, 0.1) is 7.11 Å². The molecule has 0 unspecified atom stereocenters. The molecule has 0 fully saturated rings. The van der Waals surface area contributed by atoms with Crippen LogP contribution in [0.15, 0.2) is 59.6 Å². The molecule has 0 aliphatic rings. The molecule has 0 aliphatic heterocycles. The van der Waals surface area contributed by atoms with Gasteiger partial charge in [-0.2, -0.15) is 0 Å². The van der Waals surface area contributed by atoms with Crippen LogP contribution in [0.1, 0.15) is 18.1 Å². The van der Waals surface area contributed by atoms with Gasteiger partial charge in [0, 0.05) is 19.6 Å². The number of rotatable bonds is 8. The van der Waals surface area contributed by atoms with Crippen LogP contribution in [0.4, 0.5) is 0 Å². The first-order valence-corrected chi connectivity index (χ1v) is 8.51. The molecule has 0 atom stereocenters. The van der Waals surface area contributed by atoms with Gasteiger partial charge in [-0.15, -0.1) is 24.0 Å². The highest BCUT2D eigenvalue weighted by Gasteiger charge is 1.98. The number of hydrogen-bond acceptors (Lipinski definition) is 2. The zero-order chi connectivity index (χ0) is 17.0. The lowest BCUT2D eigenvalue weighted by atomic mass is 10.1. The summed E-state index contributed by atoms with van der Waals surface area (Å²) in [5.74, 6) is 1.76. The Morgan fingerprint density at radius 1 is 0.920 bits per heavy atom. The summed E-state index contributed by atoms with van der Waals surface area (Å²) in [5, 5.41) is 6.68. The normalized spacial score (nSPS) is 10.7. The van der Waals surface area contributed by atoms with Crippen LogP contribution in [0.3, 0.4) is 0 Å². The van der Waals surface area contributed by atoms with Crippen LogP contribution in [0.2, 0.25) is 0 Å². The van der Waals surface area contributed by atoms with Crippen molar-refractivity contribution in [3.8, 4) is 5.75 Å². The predicted octanol–water partition coefficient (Wildman–Crippen LogP) is 3.65. The van der Waals surface area contributed by atoms with Gasteiger partial charge in [0.2, 0.25) is 0 Å². The lowest BCUT2D eigenvalue weighted by Crippen LogP contribution is -2.38. The number of nitrogens with zero attached hydrogens (tertiary/aromatic N) is 1. The minimum absolute atomic E-state index is 0. The average molecular weight is 453 g/mol. The summed E-state index contributed by atoms with van der Waals surface area (Å²) in [6.45, 7) is 4.57. The third-order valence-electron chi connectivity index (χ3n) is 3.72. The van der Waals surface area contributed by atoms with Gasteiger partial charge < -0.3 is 15.4 Å². The van der Waals surface area contributed by atoms with Gasteiger partial charge in [0.15, 0.2) is 5.96 Å². The molecule has 0 bridgehead atoms. The Bertz CT molecular complexity index is 615. The van der Waals surface area contributed by atoms with Gasteiger partial charge in [-0.05, 0) is 43.0 Å². The maximum atomic E-state index is 5.18. The van der Waals surface area contributed by atoms with Crippen molar-refractivity contribution >= 4 is 29.9 Å². The molecular weight excluding hydrogens is 425 g/mol. The van der Waals surface area contributed by atoms with E-state index in [2.05, 4.69) is 58.9 Å². The molecule has 5 heteroatoms. The Kier molecular flexibility index (Phi) is 10.7. The second kappa shape index (κ2) is 12.6. The van der Waals surface area contributed by atoms with Gasteiger partial charge in [-0.25, -0.2) is 0 Å². The standard InChI is InChI=1S/C20H27N3O.HI/c1-3-21-20(22-15-13-17-7-5-4-6-8-17)23-16-14-18-9-11-19(24-2)12-10-18;/h4-12H,3,13-16H2,1-2H3,(H2,21,22,23);1H. The number of methoxy groups -OCH3 is 1. The molecule has 2 rings (SSSR count). The van der Waals surface area contributed by atoms with Crippen LogP contribution in [0.5, 0.6) is 5.75 Å². The highest BCUT2D eigenvalue weighted by Crippen LogP contribution is 2.11. The van der Waals surface area contributed by atoms with E-state index < -0.39 is 0 Å². The van der Waals surface area contributed by atoms with Crippen molar-refractivity contribution in [3.05, 3.63) is 65.7 Å². The molecule has 25 heavy (non-hydrogen) atoms. The van der Waals surface area contributed by atoms with Gasteiger partial charge >= 0.3 is 0 Å². The fraction of sp³-hybridized carbons (Fsp3) is 0.350. The van der Waals surface area contributed by atoms with E-state index in [1.54, 1.807) is 7.11 Å². The zero-order valence-corrected chi connectivity index (χ0v) is 17.3. The first kappa shape index (κ1) is 21.3. The molecule has 0 spiro atoms. The molecule has 2 N–H and O–H groups in total. The Morgan fingerprint density at radius 3 is 2.24 bits per heavy atom. The molecular formula is C20H28IN3O. The van der Waals surface area contributed by atoms with Gasteiger partial charge in [-0.3, -0.25) is 4.99 Å². The van der Waals surface area contributed by atoms with Crippen LogP contribution in [-0.4, -0.2) is 32.7 Å². The molecule has 0 heterocycles. The first-order chi connectivity index (χ1) is 11.8. The first-order valence-electron chi connectivity index (χ1n) is 8.51. The third kappa shape index (κ3) is 8.25. The van der Waals surface area contributed by atoms with Gasteiger partial charge in [0.25, 0.3) is 0 Å². The average Bonchev–Trinajstić information content (AvgIpc) is 2.63. The molecule has 0 radical (unpaired) electrons. The lowest BCUT2D eigenvalue weighted by Gasteiger charge is -2.11. The number of guanidine groups is 1. The third-order valence-corrected chi connectivity index (χ3v) is 3.72. The van der Waals surface area contributed by atoms with Crippen molar-refractivity contribution in [1.29, 1.82) is 0 Å². The van der Waals surface area contributed by atoms with E-state index in [0.717, 1.165) is 44.2 Å². The molecule has 0 aromatic heterocycles. The van der Waals surface area contributed by atoms with Crippen molar-refractivity contribution in [3.63, 3.8) is 0 Å². The second-order valence-corrected chi connectivity index (χ2v) is 5.52. The quantitative estimate of drug-likeness (QED) is 0.365. The van der Waals surface area contributed by atoms with E-state index in [4.69, 9.17) is 4.74 Å². The van der Waals surface area contributed by atoms with E-state index in [9.17, 15) is 0 Å². The summed E-state index contributed by atoms with van der Waals surface area (Å²) in [5.41, 5.74) is 2.60. The number of benzene rings is 2.